The molecule has 21 heavy (non-hydrogen) atoms. The SMILES string of the molecule is CC1(C(=O)NCc2ccc(/C(N)=N/O)cc2F)CCCS1. The number of benzene rings is 1. The lowest BCUT2D eigenvalue weighted by molar-refractivity contribution is -0.123. The fourth-order valence-corrected chi connectivity index (χ4v) is 3.46. The largest absolute Gasteiger partial charge is 0.409 e. The van der Waals surface area contributed by atoms with Crippen LogP contribution in [0.1, 0.15) is 30.9 Å². The summed E-state index contributed by atoms with van der Waals surface area (Å²) in [7, 11) is 0. The molecule has 1 saturated heterocycles. The molecule has 1 aliphatic rings. The molecule has 0 radical (unpaired) electrons. The van der Waals surface area contributed by atoms with Crippen LogP contribution in [-0.4, -0.2) is 27.4 Å². The molecular formula is C14H18FN3O2S. The third kappa shape index (κ3) is 3.47. The first kappa shape index (κ1) is 15.6. The highest BCUT2D eigenvalue weighted by molar-refractivity contribution is 8.01. The van der Waals surface area contributed by atoms with Gasteiger partial charge in [-0.15, -0.1) is 11.8 Å². The van der Waals surface area contributed by atoms with E-state index in [0.717, 1.165) is 18.6 Å². The van der Waals surface area contributed by atoms with E-state index in [4.69, 9.17) is 10.9 Å². The van der Waals surface area contributed by atoms with Gasteiger partial charge in [-0.05, 0) is 31.6 Å². The smallest absolute Gasteiger partial charge is 0.236 e. The van der Waals surface area contributed by atoms with E-state index in [1.54, 1.807) is 17.8 Å². The van der Waals surface area contributed by atoms with E-state index in [-0.39, 0.29) is 18.3 Å². The first-order valence-electron chi connectivity index (χ1n) is 6.65. The molecule has 0 spiro atoms. The zero-order chi connectivity index (χ0) is 15.5. The molecule has 1 aliphatic heterocycles. The summed E-state index contributed by atoms with van der Waals surface area (Å²) in [6.45, 7) is 2.04. The van der Waals surface area contributed by atoms with Gasteiger partial charge in [0.05, 0.1) is 4.75 Å². The van der Waals surface area contributed by atoms with Crippen molar-refractivity contribution in [2.75, 3.05) is 5.75 Å². The second-order valence-corrected chi connectivity index (χ2v) is 6.75. The average molecular weight is 311 g/mol. The van der Waals surface area contributed by atoms with Gasteiger partial charge in [0.25, 0.3) is 0 Å². The van der Waals surface area contributed by atoms with Crippen LogP contribution in [0.4, 0.5) is 4.39 Å². The lowest BCUT2D eigenvalue weighted by Crippen LogP contribution is -2.40. The Hall–Kier alpha value is -1.76. The van der Waals surface area contributed by atoms with Crippen LogP contribution >= 0.6 is 11.8 Å². The summed E-state index contributed by atoms with van der Waals surface area (Å²) in [5.41, 5.74) is 6.06. The molecule has 4 N–H and O–H groups in total. The topological polar surface area (TPSA) is 87.7 Å². The number of oxime groups is 1. The molecule has 1 amide bonds. The van der Waals surface area contributed by atoms with E-state index < -0.39 is 10.6 Å². The Morgan fingerprint density at radius 3 is 2.95 bits per heavy atom. The van der Waals surface area contributed by atoms with Gasteiger partial charge in [-0.3, -0.25) is 4.79 Å². The third-order valence-corrected chi connectivity index (χ3v) is 5.11. The van der Waals surface area contributed by atoms with Crippen molar-refractivity contribution in [1.82, 2.24) is 5.32 Å². The van der Waals surface area contributed by atoms with Crippen molar-refractivity contribution in [3.63, 3.8) is 0 Å². The van der Waals surface area contributed by atoms with E-state index in [2.05, 4.69) is 10.5 Å². The minimum Gasteiger partial charge on any atom is -0.409 e. The van der Waals surface area contributed by atoms with Crippen LogP contribution in [0.25, 0.3) is 0 Å². The van der Waals surface area contributed by atoms with Crippen LogP contribution < -0.4 is 11.1 Å². The summed E-state index contributed by atoms with van der Waals surface area (Å²) in [5, 5.41) is 14.2. The van der Waals surface area contributed by atoms with E-state index >= 15 is 0 Å². The fourth-order valence-electron chi connectivity index (χ4n) is 2.23. The van der Waals surface area contributed by atoms with Gasteiger partial charge in [-0.25, -0.2) is 4.39 Å². The van der Waals surface area contributed by atoms with Crippen LogP contribution in [0.2, 0.25) is 0 Å². The lowest BCUT2D eigenvalue weighted by atomic mass is 10.0. The summed E-state index contributed by atoms with van der Waals surface area (Å²) in [6.07, 6.45) is 1.87. The predicted octanol–water partition coefficient (Wildman–Crippen LogP) is 1.82. The zero-order valence-electron chi connectivity index (χ0n) is 11.7. The van der Waals surface area contributed by atoms with Crippen molar-refractivity contribution in [2.24, 2.45) is 10.9 Å². The number of rotatable bonds is 4. The highest BCUT2D eigenvalue weighted by Gasteiger charge is 2.36. The molecule has 1 aromatic rings. The van der Waals surface area contributed by atoms with Crippen LogP contribution in [0, 0.1) is 5.82 Å². The Morgan fingerprint density at radius 2 is 2.38 bits per heavy atom. The molecule has 0 bridgehead atoms. The second-order valence-electron chi connectivity index (χ2n) is 5.16. The molecule has 0 aliphatic carbocycles. The number of carbonyl (C=O) groups is 1. The molecule has 114 valence electrons. The van der Waals surface area contributed by atoms with Crippen molar-refractivity contribution < 1.29 is 14.4 Å². The minimum absolute atomic E-state index is 0.0649. The Bertz CT molecular complexity index is 571. The Kier molecular flexibility index (Phi) is 4.72. The van der Waals surface area contributed by atoms with Crippen LogP contribution in [0.15, 0.2) is 23.4 Å². The number of nitrogens with two attached hydrogens (primary N) is 1. The van der Waals surface area contributed by atoms with Gasteiger partial charge in [0.2, 0.25) is 5.91 Å². The van der Waals surface area contributed by atoms with Gasteiger partial charge in [-0.1, -0.05) is 17.3 Å². The second kappa shape index (κ2) is 6.34. The number of amidine groups is 1. The third-order valence-electron chi connectivity index (χ3n) is 3.60. The van der Waals surface area contributed by atoms with Crippen molar-refractivity contribution >= 4 is 23.5 Å². The quantitative estimate of drug-likeness (QED) is 0.342. The number of hydrogen-bond donors (Lipinski definition) is 3. The molecular weight excluding hydrogens is 293 g/mol. The molecule has 2 rings (SSSR count). The molecule has 1 fully saturated rings. The summed E-state index contributed by atoms with van der Waals surface area (Å²) in [6, 6.07) is 4.25. The van der Waals surface area contributed by atoms with Gasteiger partial charge >= 0.3 is 0 Å². The van der Waals surface area contributed by atoms with E-state index in [1.807, 2.05) is 6.92 Å². The number of nitrogens with one attached hydrogen (secondary N) is 1. The van der Waals surface area contributed by atoms with Gasteiger partial charge in [-0.2, -0.15) is 0 Å². The Balaban J connectivity index is 2.02. The molecule has 0 aromatic heterocycles. The first-order valence-corrected chi connectivity index (χ1v) is 7.63. The molecule has 1 atom stereocenters. The van der Waals surface area contributed by atoms with Crippen LogP contribution in [-0.2, 0) is 11.3 Å². The predicted molar refractivity (Wildman–Crippen MR) is 80.9 cm³/mol. The molecule has 7 heteroatoms. The molecule has 1 unspecified atom stereocenters. The zero-order valence-corrected chi connectivity index (χ0v) is 12.5. The highest BCUT2D eigenvalue weighted by Crippen LogP contribution is 2.37. The molecule has 5 nitrogen and oxygen atoms in total. The maximum atomic E-state index is 13.9. The van der Waals surface area contributed by atoms with Gasteiger partial charge in [0.1, 0.15) is 5.82 Å². The number of thioether (sulfide) groups is 1. The number of carbonyl (C=O) groups excluding carboxylic acids is 1. The van der Waals surface area contributed by atoms with Crippen molar-refractivity contribution in [1.29, 1.82) is 0 Å². The van der Waals surface area contributed by atoms with Crippen LogP contribution in [0.5, 0.6) is 0 Å². The first-order chi connectivity index (χ1) is 9.96. The molecule has 1 aromatic carbocycles. The summed E-state index contributed by atoms with van der Waals surface area (Å²) in [4.78, 5) is 12.1. The number of nitrogens with zero attached hydrogens (tertiary/aromatic N) is 1. The van der Waals surface area contributed by atoms with Gasteiger partial charge in [0, 0.05) is 17.7 Å². The standard InChI is InChI=1S/C14H18FN3O2S/c1-14(5-2-6-21-14)13(19)17-8-10-4-3-9(7-11(10)15)12(16)18-20/h3-4,7,20H,2,5-6,8H2,1H3,(H2,16,18)(H,17,19). The van der Waals surface area contributed by atoms with E-state index in [0.29, 0.717) is 11.1 Å². The number of amides is 1. The summed E-state index contributed by atoms with van der Waals surface area (Å²) in [5.74, 6) is 0.264. The monoisotopic (exact) mass is 311 g/mol. The van der Waals surface area contributed by atoms with Crippen molar-refractivity contribution in [2.45, 2.75) is 31.1 Å². The van der Waals surface area contributed by atoms with E-state index in [1.165, 1.54) is 12.1 Å². The lowest BCUT2D eigenvalue weighted by Gasteiger charge is -2.21. The number of halogens is 1. The Morgan fingerprint density at radius 1 is 1.62 bits per heavy atom. The number of hydrogen-bond acceptors (Lipinski definition) is 4. The molecule has 0 saturated carbocycles. The summed E-state index contributed by atoms with van der Waals surface area (Å²) < 4.78 is 13.5. The minimum atomic E-state index is -0.497. The van der Waals surface area contributed by atoms with E-state index in [9.17, 15) is 9.18 Å². The van der Waals surface area contributed by atoms with Gasteiger partial charge < -0.3 is 16.3 Å². The molecule has 1 heterocycles. The van der Waals surface area contributed by atoms with Crippen LogP contribution in [0.3, 0.4) is 0 Å². The maximum absolute atomic E-state index is 13.9. The fraction of sp³-hybridized carbons (Fsp3) is 0.429. The highest BCUT2D eigenvalue weighted by atomic mass is 32.2. The average Bonchev–Trinajstić information content (AvgIpc) is 2.93. The normalized spacial score (nSPS) is 22.3. The van der Waals surface area contributed by atoms with Crippen molar-refractivity contribution in [3.8, 4) is 0 Å². The van der Waals surface area contributed by atoms with Gasteiger partial charge in [0.15, 0.2) is 5.84 Å². The maximum Gasteiger partial charge on any atom is 0.236 e. The Labute approximate surface area is 126 Å². The summed E-state index contributed by atoms with van der Waals surface area (Å²) >= 11 is 1.64. The van der Waals surface area contributed by atoms with Crippen molar-refractivity contribution in [3.05, 3.63) is 35.1 Å².